The molecule has 0 fully saturated rings. The van der Waals surface area contributed by atoms with Crippen LogP contribution in [0.2, 0.25) is 0 Å². The van der Waals surface area contributed by atoms with Crippen molar-refractivity contribution < 1.29 is 9.90 Å². The summed E-state index contributed by atoms with van der Waals surface area (Å²) in [4.78, 5) is 13.9. The molecule has 74 valence electrons. The van der Waals surface area contributed by atoms with Gasteiger partial charge < -0.3 is 5.11 Å². The largest absolute Gasteiger partial charge is 0.483 e. The quantitative estimate of drug-likeness (QED) is 0.734. The lowest BCUT2D eigenvalue weighted by atomic mass is 10.3. The molecule has 0 aliphatic carbocycles. The van der Waals surface area contributed by atoms with Crippen LogP contribution < -0.4 is 0 Å². The second kappa shape index (κ2) is 5.34. The predicted molar refractivity (Wildman–Crippen MR) is 57.7 cm³/mol. The van der Waals surface area contributed by atoms with Crippen molar-refractivity contribution in [3.63, 3.8) is 0 Å². The molecule has 0 saturated heterocycles. The van der Waals surface area contributed by atoms with E-state index in [0.29, 0.717) is 0 Å². The number of carboxylic acid groups (broad SMARTS) is 1. The van der Waals surface area contributed by atoms with Crippen LogP contribution in [0.1, 0.15) is 11.8 Å². The van der Waals surface area contributed by atoms with E-state index in [1.165, 1.54) is 15.0 Å². The Balaban J connectivity index is 0.000000293. The first kappa shape index (κ1) is 10.7. The fourth-order valence-corrected chi connectivity index (χ4v) is 2.08. The zero-order valence-electron chi connectivity index (χ0n) is 7.80. The number of aryl methyl sites for hydroxylation is 1. The van der Waals surface area contributed by atoms with Crippen molar-refractivity contribution >= 4 is 27.9 Å². The molecule has 2 rings (SSSR count). The van der Waals surface area contributed by atoms with E-state index in [1.807, 2.05) is 23.7 Å². The first-order valence-electron chi connectivity index (χ1n) is 4.22. The highest BCUT2D eigenvalue weighted by molar-refractivity contribution is 7.19. The second-order valence-electron chi connectivity index (χ2n) is 2.59. The molecule has 2 aromatic rings. The summed E-state index contributed by atoms with van der Waals surface area (Å²) in [5.74, 6) is 0. The van der Waals surface area contributed by atoms with Gasteiger partial charge in [0, 0.05) is 17.3 Å². The molecule has 1 N–H and O–H groups in total. The van der Waals surface area contributed by atoms with Crippen LogP contribution in [0, 0.1) is 0 Å². The Hall–Kier alpha value is -1.42. The van der Waals surface area contributed by atoms with E-state index in [1.54, 1.807) is 0 Å². The van der Waals surface area contributed by atoms with E-state index in [-0.39, 0.29) is 6.47 Å². The monoisotopic (exact) mass is 209 g/mol. The average Bonchev–Trinajstić information content (AvgIpc) is 2.61. The van der Waals surface area contributed by atoms with Crippen molar-refractivity contribution in [2.75, 3.05) is 0 Å². The topological polar surface area (TPSA) is 50.2 Å². The predicted octanol–water partition coefficient (Wildman–Crippen LogP) is 2.56. The van der Waals surface area contributed by atoms with E-state index in [4.69, 9.17) is 9.90 Å². The van der Waals surface area contributed by atoms with Gasteiger partial charge in [-0.25, -0.2) is 0 Å². The Morgan fingerprint density at radius 2 is 2.36 bits per heavy atom. The molecule has 2 aromatic heterocycles. The Bertz CT molecular complexity index is 378. The van der Waals surface area contributed by atoms with Crippen molar-refractivity contribution in [1.82, 2.24) is 4.98 Å². The molecule has 0 unspecified atom stereocenters. The van der Waals surface area contributed by atoms with Gasteiger partial charge >= 0.3 is 0 Å². The number of thiophene rings is 1. The van der Waals surface area contributed by atoms with Gasteiger partial charge in [-0.3, -0.25) is 9.78 Å². The van der Waals surface area contributed by atoms with Gasteiger partial charge in [-0.2, -0.15) is 0 Å². The van der Waals surface area contributed by atoms with Crippen LogP contribution in [0.15, 0.2) is 24.5 Å². The maximum atomic E-state index is 8.36. The Morgan fingerprint density at radius 1 is 1.64 bits per heavy atom. The molecule has 0 aliphatic heterocycles. The number of rotatable bonds is 1. The number of fused-ring (bicyclic) bond motifs is 1. The van der Waals surface area contributed by atoms with Crippen molar-refractivity contribution in [1.29, 1.82) is 0 Å². The van der Waals surface area contributed by atoms with E-state index >= 15 is 0 Å². The molecule has 0 saturated carbocycles. The fraction of sp³-hybridized carbons (Fsp3) is 0.200. The molecule has 3 nitrogen and oxygen atoms in total. The molecule has 2 heterocycles. The molecule has 0 bridgehead atoms. The zero-order chi connectivity index (χ0) is 10.4. The van der Waals surface area contributed by atoms with E-state index < -0.39 is 0 Å². The highest BCUT2D eigenvalue weighted by Gasteiger charge is 1.97. The lowest BCUT2D eigenvalue weighted by molar-refractivity contribution is -0.122. The molecule has 0 atom stereocenters. The van der Waals surface area contributed by atoms with Crippen LogP contribution in [-0.2, 0) is 11.2 Å². The van der Waals surface area contributed by atoms with E-state index in [9.17, 15) is 0 Å². The Labute approximate surface area is 86.0 Å². The lowest BCUT2D eigenvalue weighted by Crippen LogP contribution is -1.65. The van der Waals surface area contributed by atoms with Crippen molar-refractivity contribution in [2.45, 2.75) is 13.3 Å². The number of carbonyl (C=O) groups is 1. The highest BCUT2D eigenvalue weighted by atomic mass is 32.1. The molecular weight excluding hydrogens is 198 g/mol. The van der Waals surface area contributed by atoms with Gasteiger partial charge in [0.25, 0.3) is 6.47 Å². The first-order chi connectivity index (χ1) is 6.81. The molecule has 0 aromatic carbocycles. The summed E-state index contributed by atoms with van der Waals surface area (Å²) in [6.45, 7) is 1.93. The summed E-state index contributed by atoms with van der Waals surface area (Å²) < 4.78 is 1.30. The summed E-state index contributed by atoms with van der Waals surface area (Å²) in [6, 6.07) is 4.30. The summed E-state index contributed by atoms with van der Waals surface area (Å²) in [7, 11) is 0. The Kier molecular flexibility index (Phi) is 4.07. The van der Waals surface area contributed by atoms with Crippen LogP contribution >= 0.6 is 11.3 Å². The maximum Gasteiger partial charge on any atom is 0.290 e. The third-order valence-corrected chi connectivity index (χ3v) is 2.95. The van der Waals surface area contributed by atoms with Gasteiger partial charge in [0.05, 0.1) is 4.70 Å². The molecular formula is C10H11NO2S. The smallest absolute Gasteiger partial charge is 0.290 e. The molecule has 4 heteroatoms. The minimum absolute atomic E-state index is 0.250. The van der Waals surface area contributed by atoms with Crippen LogP contribution in [0.5, 0.6) is 0 Å². The molecule has 0 aliphatic rings. The summed E-state index contributed by atoms with van der Waals surface area (Å²) >= 11 is 1.83. The minimum atomic E-state index is -0.250. The van der Waals surface area contributed by atoms with Gasteiger partial charge in [0.2, 0.25) is 0 Å². The fourth-order valence-electron chi connectivity index (χ4n) is 1.11. The minimum Gasteiger partial charge on any atom is -0.483 e. The average molecular weight is 209 g/mol. The van der Waals surface area contributed by atoms with E-state index in [2.05, 4.69) is 24.0 Å². The highest BCUT2D eigenvalue weighted by Crippen LogP contribution is 2.24. The molecule has 0 amide bonds. The van der Waals surface area contributed by atoms with Gasteiger partial charge in [-0.1, -0.05) is 6.92 Å². The number of hydrogen-bond donors (Lipinski definition) is 1. The first-order valence-corrected chi connectivity index (χ1v) is 5.03. The number of nitrogens with zero attached hydrogens (tertiary/aromatic N) is 1. The zero-order valence-corrected chi connectivity index (χ0v) is 8.62. The maximum absolute atomic E-state index is 8.36. The summed E-state index contributed by atoms with van der Waals surface area (Å²) in [5.41, 5.74) is 0. The van der Waals surface area contributed by atoms with Gasteiger partial charge in [-0.15, -0.1) is 11.3 Å². The van der Waals surface area contributed by atoms with Crippen LogP contribution in [0.25, 0.3) is 10.1 Å². The number of hydrogen-bond acceptors (Lipinski definition) is 3. The van der Waals surface area contributed by atoms with Crippen molar-refractivity contribution in [3.8, 4) is 0 Å². The Morgan fingerprint density at radius 3 is 2.93 bits per heavy atom. The van der Waals surface area contributed by atoms with Crippen molar-refractivity contribution in [3.05, 3.63) is 29.4 Å². The van der Waals surface area contributed by atoms with Gasteiger partial charge in [0.1, 0.15) is 0 Å². The third kappa shape index (κ3) is 2.53. The van der Waals surface area contributed by atoms with Gasteiger partial charge in [0.15, 0.2) is 0 Å². The molecule has 14 heavy (non-hydrogen) atoms. The van der Waals surface area contributed by atoms with Crippen molar-refractivity contribution in [2.24, 2.45) is 0 Å². The third-order valence-electron chi connectivity index (χ3n) is 1.72. The molecule has 0 radical (unpaired) electrons. The second-order valence-corrected chi connectivity index (χ2v) is 3.75. The van der Waals surface area contributed by atoms with Gasteiger partial charge in [-0.05, 0) is 23.9 Å². The number of aromatic nitrogens is 1. The molecule has 0 spiro atoms. The summed E-state index contributed by atoms with van der Waals surface area (Å²) in [5, 5.41) is 8.21. The summed E-state index contributed by atoms with van der Waals surface area (Å²) in [6.07, 6.45) is 4.90. The standard InChI is InChI=1S/C9H9NS.CH2O2/c1-2-8-5-7-3-4-10-6-9(7)11-8;2-1-3/h3-6H,2H2,1H3;1H,(H,2,3). The number of pyridine rings is 1. The van der Waals surface area contributed by atoms with Crippen LogP contribution in [0.4, 0.5) is 0 Å². The lowest BCUT2D eigenvalue weighted by Gasteiger charge is -1.81. The normalized spacial score (nSPS) is 9.21. The van der Waals surface area contributed by atoms with Crippen LogP contribution in [0.3, 0.4) is 0 Å². The van der Waals surface area contributed by atoms with E-state index in [0.717, 1.165) is 6.42 Å². The van der Waals surface area contributed by atoms with Crippen LogP contribution in [-0.4, -0.2) is 16.6 Å². The SMILES string of the molecule is CCc1cc2ccncc2s1.O=CO.